The highest BCUT2D eigenvalue weighted by Crippen LogP contribution is 2.24. The zero-order chi connectivity index (χ0) is 15.6. The van der Waals surface area contributed by atoms with Crippen molar-refractivity contribution in [1.29, 1.82) is 0 Å². The molecule has 118 valence electrons. The van der Waals surface area contributed by atoms with Gasteiger partial charge in [0, 0.05) is 6.42 Å². The van der Waals surface area contributed by atoms with Gasteiger partial charge in [0.25, 0.3) is 0 Å². The van der Waals surface area contributed by atoms with Crippen LogP contribution < -0.4 is 0 Å². The summed E-state index contributed by atoms with van der Waals surface area (Å²) in [6, 6.07) is 7.18. The van der Waals surface area contributed by atoms with E-state index in [-0.39, 0.29) is 0 Å². The van der Waals surface area contributed by atoms with E-state index in [4.69, 9.17) is 9.84 Å². The molecular weight excluding hydrogens is 276 g/mol. The van der Waals surface area contributed by atoms with Gasteiger partial charge in [0.2, 0.25) is 0 Å². The summed E-state index contributed by atoms with van der Waals surface area (Å²) in [5, 5.41) is 48.0. The van der Waals surface area contributed by atoms with Crippen molar-refractivity contribution in [2.24, 2.45) is 0 Å². The Morgan fingerprint density at radius 3 is 2.10 bits per heavy atom. The lowest BCUT2D eigenvalue weighted by molar-refractivity contribution is -0.228. The second-order valence-electron chi connectivity index (χ2n) is 5.49. The molecule has 1 aliphatic rings. The first-order valence-electron chi connectivity index (χ1n) is 7.01. The van der Waals surface area contributed by atoms with Gasteiger partial charge in [-0.3, -0.25) is 0 Å². The second kappa shape index (κ2) is 6.83. The molecule has 6 unspecified atom stereocenters. The molecule has 0 saturated carbocycles. The van der Waals surface area contributed by atoms with Crippen LogP contribution in [0.3, 0.4) is 0 Å². The van der Waals surface area contributed by atoms with Crippen molar-refractivity contribution >= 4 is 0 Å². The molecular formula is C15H22O6. The number of hydrogen-bond acceptors (Lipinski definition) is 6. The van der Waals surface area contributed by atoms with E-state index >= 15 is 0 Å². The van der Waals surface area contributed by atoms with Crippen molar-refractivity contribution in [3.63, 3.8) is 0 Å². The van der Waals surface area contributed by atoms with Crippen LogP contribution >= 0.6 is 0 Å². The van der Waals surface area contributed by atoms with Crippen molar-refractivity contribution in [2.75, 3.05) is 6.61 Å². The van der Waals surface area contributed by atoms with Crippen LogP contribution in [0.5, 0.6) is 0 Å². The molecule has 1 saturated heterocycles. The zero-order valence-corrected chi connectivity index (χ0v) is 11.8. The zero-order valence-electron chi connectivity index (χ0n) is 11.8. The summed E-state index contributed by atoms with van der Waals surface area (Å²) in [7, 11) is 0. The third kappa shape index (κ3) is 3.60. The molecule has 6 atom stereocenters. The molecule has 0 aromatic heterocycles. The fraction of sp³-hybridized carbons (Fsp3) is 0.600. The van der Waals surface area contributed by atoms with Crippen LogP contribution in [0.2, 0.25) is 0 Å². The van der Waals surface area contributed by atoms with Gasteiger partial charge in [-0.2, -0.15) is 0 Å². The fourth-order valence-electron chi connectivity index (χ4n) is 2.51. The molecule has 6 heteroatoms. The third-order valence-corrected chi connectivity index (χ3v) is 3.89. The molecule has 0 amide bonds. The Morgan fingerprint density at radius 1 is 1.00 bits per heavy atom. The van der Waals surface area contributed by atoms with Gasteiger partial charge >= 0.3 is 0 Å². The van der Waals surface area contributed by atoms with E-state index < -0.39 is 43.2 Å². The number of aliphatic hydroxyl groups excluding tert-OH is 5. The summed E-state index contributed by atoms with van der Waals surface area (Å²) in [6.45, 7) is 1.25. The Morgan fingerprint density at radius 2 is 1.57 bits per heavy atom. The lowest BCUT2D eigenvalue weighted by Crippen LogP contribution is -2.58. The minimum Gasteiger partial charge on any atom is -0.394 e. The molecule has 1 aromatic rings. The van der Waals surface area contributed by atoms with Crippen molar-refractivity contribution in [2.45, 2.75) is 50.0 Å². The molecule has 6 nitrogen and oxygen atoms in total. The van der Waals surface area contributed by atoms with Gasteiger partial charge in [-0.15, -0.1) is 0 Å². The average Bonchev–Trinajstić information content (AvgIpc) is 2.48. The van der Waals surface area contributed by atoms with E-state index in [9.17, 15) is 20.4 Å². The summed E-state index contributed by atoms with van der Waals surface area (Å²) in [5.41, 5.74) is 1.65. The monoisotopic (exact) mass is 298 g/mol. The Balaban J connectivity index is 2.07. The molecule has 0 radical (unpaired) electrons. The van der Waals surface area contributed by atoms with Crippen molar-refractivity contribution in [3.05, 3.63) is 35.4 Å². The van der Waals surface area contributed by atoms with Crippen LogP contribution in [0, 0.1) is 0 Å². The minimum atomic E-state index is -1.35. The van der Waals surface area contributed by atoms with Crippen LogP contribution in [-0.2, 0) is 11.2 Å². The van der Waals surface area contributed by atoms with Gasteiger partial charge in [0.05, 0.1) is 18.8 Å². The molecule has 1 aromatic carbocycles. The summed E-state index contributed by atoms with van der Waals surface area (Å²) < 4.78 is 5.45. The summed E-state index contributed by atoms with van der Waals surface area (Å²) >= 11 is 0. The van der Waals surface area contributed by atoms with Gasteiger partial charge < -0.3 is 30.3 Å². The van der Waals surface area contributed by atoms with Crippen molar-refractivity contribution in [3.8, 4) is 0 Å². The topological polar surface area (TPSA) is 110 Å². The van der Waals surface area contributed by atoms with E-state index in [2.05, 4.69) is 0 Å². The van der Waals surface area contributed by atoms with Gasteiger partial charge in [-0.25, -0.2) is 0 Å². The standard InChI is InChI=1S/C15H22O6/c1-8(17)10-4-2-9(3-5-10)6-11-13(18)15(20)14(19)12(7-16)21-11/h2-5,8,11-20H,6-7H2,1H3. The summed E-state index contributed by atoms with van der Waals surface area (Å²) in [4.78, 5) is 0. The van der Waals surface area contributed by atoms with Crippen LogP contribution in [0.15, 0.2) is 24.3 Å². The number of ether oxygens (including phenoxy) is 1. The normalized spacial score (nSPS) is 34.7. The second-order valence-corrected chi connectivity index (χ2v) is 5.49. The minimum absolute atomic E-state index is 0.335. The molecule has 5 N–H and O–H groups in total. The maximum Gasteiger partial charge on any atom is 0.111 e. The Kier molecular flexibility index (Phi) is 5.32. The first-order chi connectivity index (χ1) is 9.93. The molecule has 21 heavy (non-hydrogen) atoms. The van der Waals surface area contributed by atoms with E-state index in [0.717, 1.165) is 11.1 Å². The van der Waals surface area contributed by atoms with Gasteiger partial charge in [0.15, 0.2) is 0 Å². The number of hydrogen-bond donors (Lipinski definition) is 5. The smallest absolute Gasteiger partial charge is 0.111 e. The van der Waals surface area contributed by atoms with E-state index in [1.807, 2.05) is 12.1 Å². The first kappa shape index (κ1) is 16.4. The third-order valence-electron chi connectivity index (χ3n) is 3.89. The van der Waals surface area contributed by atoms with Gasteiger partial charge in [-0.05, 0) is 18.1 Å². The Bertz CT molecular complexity index is 444. The summed E-state index contributed by atoms with van der Waals surface area (Å²) in [5.74, 6) is 0. The average molecular weight is 298 g/mol. The SMILES string of the molecule is CC(O)c1ccc(CC2OC(CO)C(O)C(O)C2O)cc1. The number of benzene rings is 1. The molecule has 0 bridgehead atoms. The van der Waals surface area contributed by atoms with Crippen LogP contribution in [-0.4, -0.2) is 62.7 Å². The lowest BCUT2D eigenvalue weighted by Gasteiger charge is -2.40. The highest BCUT2D eigenvalue weighted by Gasteiger charge is 2.43. The lowest BCUT2D eigenvalue weighted by atomic mass is 9.91. The molecule has 1 aliphatic heterocycles. The van der Waals surface area contributed by atoms with Crippen LogP contribution in [0.4, 0.5) is 0 Å². The largest absolute Gasteiger partial charge is 0.394 e. The van der Waals surface area contributed by atoms with Crippen molar-refractivity contribution < 1.29 is 30.3 Å². The molecule has 2 rings (SSSR count). The maximum atomic E-state index is 9.97. The number of rotatable bonds is 4. The quantitative estimate of drug-likeness (QED) is 0.494. The van der Waals surface area contributed by atoms with Crippen molar-refractivity contribution in [1.82, 2.24) is 0 Å². The first-order valence-corrected chi connectivity index (χ1v) is 7.01. The molecule has 0 spiro atoms. The van der Waals surface area contributed by atoms with Crippen LogP contribution in [0.1, 0.15) is 24.2 Å². The molecule has 1 fully saturated rings. The maximum absolute atomic E-state index is 9.97. The number of aliphatic hydroxyl groups is 5. The predicted molar refractivity (Wildman–Crippen MR) is 74.5 cm³/mol. The van der Waals surface area contributed by atoms with E-state index in [1.165, 1.54) is 0 Å². The van der Waals surface area contributed by atoms with E-state index in [1.54, 1.807) is 19.1 Å². The molecule has 0 aliphatic carbocycles. The van der Waals surface area contributed by atoms with E-state index in [0.29, 0.717) is 6.42 Å². The van der Waals surface area contributed by atoms with Gasteiger partial charge in [0.1, 0.15) is 24.4 Å². The summed E-state index contributed by atoms with van der Waals surface area (Å²) in [6.07, 6.45) is -5.72. The fourth-order valence-corrected chi connectivity index (χ4v) is 2.51. The Labute approximate surface area is 123 Å². The Hall–Kier alpha value is -1.02. The van der Waals surface area contributed by atoms with Crippen LogP contribution in [0.25, 0.3) is 0 Å². The predicted octanol–water partition coefficient (Wildman–Crippen LogP) is -0.875. The van der Waals surface area contributed by atoms with Gasteiger partial charge in [-0.1, -0.05) is 24.3 Å². The highest BCUT2D eigenvalue weighted by atomic mass is 16.5. The highest BCUT2D eigenvalue weighted by molar-refractivity contribution is 5.24. The molecule has 1 heterocycles.